The Bertz CT molecular complexity index is 994. The van der Waals surface area contributed by atoms with Crippen LogP contribution in [0.1, 0.15) is 36.3 Å². The average molecular weight is 467 g/mol. The van der Waals surface area contributed by atoms with Crippen LogP contribution < -0.4 is 5.32 Å². The molecule has 2 aromatic carbocycles. The summed E-state index contributed by atoms with van der Waals surface area (Å²) in [6.07, 6.45) is 1.06. The van der Waals surface area contributed by atoms with Crippen molar-refractivity contribution in [2.24, 2.45) is 5.92 Å². The standard InChI is InChI=1S/C26H30N2O6/c29-24(28-13-14-33-16-18(15-28)25(30)31)11-5-6-12-27-26(32)34-17-23-21-9-3-1-7-19(21)20-8-2-4-10-22(20)23/h1-4,7-10,18,23H,5-6,11-17H2,(H,27,32)(H,30,31). The summed E-state index contributed by atoms with van der Waals surface area (Å²) < 4.78 is 10.8. The fourth-order valence-corrected chi connectivity index (χ4v) is 4.59. The van der Waals surface area contributed by atoms with Gasteiger partial charge in [-0.25, -0.2) is 4.79 Å². The molecular weight excluding hydrogens is 436 g/mol. The van der Waals surface area contributed by atoms with Gasteiger partial charge in [-0.1, -0.05) is 48.5 Å². The first kappa shape index (κ1) is 23.8. The van der Waals surface area contributed by atoms with Crippen molar-refractivity contribution in [3.8, 4) is 11.1 Å². The van der Waals surface area contributed by atoms with Gasteiger partial charge in [0.2, 0.25) is 5.91 Å². The Kier molecular flexibility index (Phi) is 7.80. The molecule has 2 amide bonds. The highest BCUT2D eigenvalue weighted by atomic mass is 16.5. The van der Waals surface area contributed by atoms with Gasteiger partial charge in [0.1, 0.15) is 6.61 Å². The number of carboxylic acid groups (broad SMARTS) is 1. The van der Waals surface area contributed by atoms with E-state index in [2.05, 4.69) is 29.6 Å². The van der Waals surface area contributed by atoms with Crippen molar-refractivity contribution in [3.05, 3.63) is 59.7 Å². The van der Waals surface area contributed by atoms with Crippen molar-refractivity contribution >= 4 is 18.0 Å². The number of carbonyl (C=O) groups is 3. The lowest BCUT2D eigenvalue weighted by Crippen LogP contribution is -2.38. The minimum Gasteiger partial charge on any atom is -0.481 e. The number of nitrogens with one attached hydrogen (secondary N) is 1. The Morgan fingerprint density at radius 3 is 2.38 bits per heavy atom. The van der Waals surface area contributed by atoms with Crippen LogP contribution in [0.4, 0.5) is 4.79 Å². The average Bonchev–Trinajstić information content (AvgIpc) is 2.98. The molecule has 2 N–H and O–H groups in total. The van der Waals surface area contributed by atoms with Gasteiger partial charge in [0.15, 0.2) is 0 Å². The fourth-order valence-electron chi connectivity index (χ4n) is 4.59. The van der Waals surface area contributed by atoms with E-state index in [9.17, 15) is 19.5 Å². The molecule has 1 fully saturated rings. The van der Waals surface area contributed by atoms with Gasteiger partial charge in [-0.15, -0.1) is 0 Å². The van der Waals surface area contributed by atoms with Crippen molar-refractivity contribution in [3.63, 3.8) is 0 Å². The highest BCUT2D eigenvalue weighted by molar-refractivity contribution is 5.79. The Hall–Kier alpha value is -3.39. The number of hydrogen-bond acceptors (Lipinski definition) is 5. The van der Waals surface area contributed by atoms with Crippen LogP contribution in [0.25, 0.3) is 11.1 Å². The number of unbranched alkanes of at least 4 members (excludes halogenated alkanes) is 1. The van der Waals surface area contributed by atoms with Crippen LogP contribution in [0.5, 0.6) is 0 Å². The van der Waals surface area contributed by atoms with E-state index < -0.39 is 18.0 Å². The van der Waals surface area contributed by atoms with E-state index >= 15 is 0 Å². The first-order chi connectivity index (χ1) is 16.5. The first-order valence-electron chi connectivity index (χ1n) is 11.7. The van der Waals surface area contributed by atoms with E-state index in [-0.39, 0.29) is 31.6 Å². The third-order valence-electron chi connectivity index (χ3n) is 6.40. The molecule has 1 unspecified atom stereocenters. The van der Waals surface area contributed by atoms with Crippen LogP contribution in [0.3, 0.4) is 0 Å². The van der Waals surface area contributed by atoms with E-state index in [1.807, 2.05) is 24.3 Å². The van der Waals surface area contributed by atoms with Crippen LogP contribution in [0, 0.1) is 5.92 Å². The molecule has 1 atom stereocenters. The van der Waals surface area contributed by atoms with E-state index in [0.29, 0.717) is 39.0 Å². The molecule has 8 nitrogen and oxygen atoms in total. The summed E-state index contributed by atoms with van der Waals surface area (Å²) in [4.78, 5) is 37.4. The zero-order chi connectivity index (χ0) is 23.9. The predicted molar refractivity (Wildman–Crippen MR) is 125 cm³/mol. The molecule has 0 spiro atoms. The number of ether oxygens (including phenoxy) is 2. The lowest BCUT2D eigenvalue weighted by molar-refractivity contribution is -0.144. The van der Waals surface area contributed by atoms with Crippen LogP contribution in [0.2, 0.25) is 0 Å². The smallest absolute Gasteiger partial charge is 0.407 e. The van der Waals surface area contributed by atoms with Crippen molar-refractivity contribution in [1.29, 1.82) is 0 Å². The number of alkyl carbamates (subject to hydrolysis) is 1. The van der Waals surface area contributed by atoms with Gasteiger partial charge in [-0.2, -0.15) is 0 Å². The van der Waals surface area contributed by atoms with E-state index in [1.54, 1.807) is 4.90 Å². The molecule has 8 heteroatoms. The Morgan fingerprint density at radius 1 is 1.03 bits per heavy atom. The maximum absolute atomic E-state index is 12.4. The molecule has 2 aliphatic rings. The topological polar surface area (TPSA) is 105 Å². The Morgan fingerprint density at radius 2 is 1.71 bits per heavy atom. The quantitative estimate of drug-likeness (QED) is 0.579. The van der Waals surface area contributed by atoms with Gasteiger partial charge in [-0.05, 0) is 35.1 Å². The second-order valence-electron chi connectivity index (χ2n) is 8.66. The Labute approximate surface area is 198 Å². The second kappa shape index (κ2) is 11.2. The third kappa shape index (κ3) is 5.56. The summed E-state index contributed by atoms with van der Waals surface area (Å²) in [6.45, 7) is 1.72. The van der Waals surface area contributed by atoms with Crippen molar-refractivity contribution in [1.82, 2.24) is 10.2 Å². The van der Waals surface area contributed by atoms with Crippen LogP contribution in [-0.2, 0) is 19.1 Å². The van der Waals surface area contributed by atoms with Gasteiger partial charge in [0, 0.05) is 32.0 Å². The number of fused-ring (bicyclic) bond motifs is 3. The molecule has 1 aliphatic carbocycles. The van der Waals surface area contributed by atoms with Gasteiger partial charge >= 0.3 is 12.1 Å². The van der Waals surface area contributed by atoms with Crippen LogP contribution >= 0.6 is 0 Å². The number of carboxylic acids is 1. The summed E-state index contributed by atoms with van der Waals surface area (Å²) in [7, 11) is 0. The molecule has 0 radical (unpaired) electrons. The fraction of sp³-hybridized carbons (Fsp3) is 0.423. The number of nitrogens with zero attached hydrogens (tertiary/aromatic N) is 1. The number of rotatable bonds is 8. The number of benzene rings is 2. The minimum atomic E-state index is -0.952. The summed E-state index contributed by atoms with van der Waals surface area (Å²) in [5.74, 6) is -1.71. The van der Waals surface area contributed by atoms with Gasteiger partial charge in [-0.3, -0.25) is 9.59 Å². The van der Waals surface area contributed by atoms with E-state index in [0.717, 1.165) is 0 Å². The summed E-state index contributed by atoms with van der Waals surface area (Å²) in [5.41, 5.74) is 4.70. The monoisotopic (exact) mass is 466 g/mol. The molecule has 0 saturated carbocycles. The Balaban J connectivity index is 1.17. The molecule has 1 saturated heterocycles. The zero-order valence-corrected chi connectivity index (χ0v) is 19.1. The van der Waals surface area contributed by atoms with Gasteiger partial charge in [0.25, 0.3) is 0 Å². The predicted octanol–water partition coefficient (Wildman–Crippen LogP) is 3.26. The van der Waals surface area contributed by atoms with Gasteiger partial charge in [0.05, 0.1) is 19.1 Å². The number of aliphatic carboxylic acids is 1. The second-order valence-corrected chi connectivity index (χ2v) is 8.66. The normalized spacial score (nSPS) is 17.4. The zero-order valence-electron chi connectivity index (χ0n) is 19.1. The third-order valence-corrected chi connectivity index (χ3v) is 6.40. The largest absolute Gasteiger partial charge is 0.481 e. The maximum atomic E-state index is 12.4. The number of amides is 2. The lowest BCUT2D eigenvalue weighted by Gasteiger charge is -2.21. The maximum Gasteiger partial charge on any atom is 0.407 e. The summed E-state index contributed by atoms with van der Waals surface area (Å²) >= 11 is 0. The number of carbonyl (C=O) groups excluding carboxylic acids is 2. The lowest BCUT2D eigenvalue weighted by atomic mass is 9.98. The SMILES string of the molecule is O=C(NCCCCC(=O)N1CCOCC(C(=O)O)C1)OCC1c2ccccc2-c2ccccc21. The molecule has 180 valence electrons. The highest BCUT2D eigenvalue weighted by Gasteiger charge is 2.29. The molecule has 0 bridgehead atoms. The minimum absolute atomic E-state index is 0.0167. The summed E-state index contributed by atoms with van der Waals surface area (Å²) in [5, 5.41) is 12.0. The van der Waals surface area contributed by atoms with Crippen molar-refractivity contribution < 1.29 is 29.0 Å². The van der Waals surface area contributed by atoms with Crippen molar-refractivity contribution in [2.75, 3.05) is 39.5 Å². The summed E-state index contributed by atoms with van der Waals surface area (Å²) in [6, 6.07) is 16.4. The molecule has 1 aliphatic heterocycles. The highest BCUT2D eigenvalue weighted by Crippen LogP contribution is 2.44. The van der Waals surface area contributed by atoms with Crippen LogP contribution in [0.15, 0.2) is 48.5 Å². The number of hydrogen-bond donors (Lipinski definition) is 2. The van der Waals surface area contributed by atoms with E-state index in [1.165, 1.54) is 22.3 Å². The molecule has 0 aromatic heterocycles. The molecule has 1 heterocycles. The molecular formula is C26H30N2O6. The molecule has 4 rings (SSSR count). The first-order valence-corrected chi connectivity index (χ1v) is 11.7. The molecule has 34 heavy (non-hydrogen) atoms. The van der Waals surface area contributed by atoms with Crippen LogP contribution in [-0.4, -0.2) is 67.4 Å². The van der Waals surface area contributed by atoms with E-state index in [4.69, 9.17) is 9.47 Å². The van der Waals surface area contributed by atoms with Crippen molar-refractivity contribution in [2.45, 2.75) is 25.2 Å². The molecule has 2 aromatic rings. The van der Waals surface area contributed by atoms with Gasteiger partial charge < -0.3 is 24.8 Å².